The standard InChI is InChI=1S/C28H21N3O3S/c1-17-9-11-19(12-10-17)25-28(31-26(32)24-8-5-13-33-24)35-27(30-25)22(16-29)15-21-14-20-6-3-4-7-23(20)34-18(21)2/h3-15,18H,1-2H3,(H,31,32)/b22-15+. The van der Waals surface area contributed by atoms with E-state index in [1.54, 1.807) is 18.2 Å². The van der Waals surface area contributed by atoms with Crippen LogP contribution in [0.1, 0.15) is 33.6 Å². The van der Waals surface area contributed by atoms with E-state index >= 15 is 0 Å². The minimum Gasteiger partial charge on any atom is -0.485 e. The third kappa shape index (κ3) is 4.65. The van der Waals surface area contributed by atoms with Crippen molar-refractivity contribution in [2.24, 2.45) is 0 Å². The number of amides is 1. The molecule has 5 rings (SSSR count). The molecular formula is C28H21N3O3S. The van der Waals surface area contributed by atoms with Crippen molar-refractivity contribution in [3.8, 4) is 23.1 Å². The molecule has 0 aliphatic carbocycles. The van der Waals surface area contributed by atoms with Crippen LogP contribution in [-0.2, 0) is 0 Å². The van der Waals surface area contributed by atoms with E-state index in [0.29, 0.717) is 21.3 Å². The van der Waals surface area contributed by atoms with Gasteiger partial charge < -0.3 is 14.5 Å². The van der Waals surface area contributed by atoms with Crippen molar-refractivity contribution < 1.29 is 13.9 Å². The van der Waals surface area contributed by atoms with Gasteiger partial charge in [-0.05, 0) is 49.8 Å². The predicted molar refractivity (Wildman–Crippen MR) is 137 cm³/mol. The number of carbonyl (C=O) groups is 1. The molecule has 4 aromatic rings. The summed E-state index contributed by atoms with van der Waals surface area (Å²) in [6.45, 7) is 3.95. The van der Waals surface area contributed by atoms with Crippen molar-refractivity contribution in [3.63, 3.8) is 0 Å². The number of allylic oxidation sites excluding steroid dienone is 1. The first-order valence-corrected chi connectivity index (χ1v) is 11.9. The first-order chi connectivity index (χ1) is 17.0. The summed E-state index contributed by atoms with van der Waals surface area (Å²) < 4.78 is 11.3. The number of para-hydroxylation sites is 1. The number of rotatable bonds is 5. The number of nitrogens with zero attached hydrogens (tertiary/aromatic N) is 2. The molecule has 1 unspecified atom stereocenters. The second-order valence-corrected chi connectivity index (χ2v) is 9.11. The van der Waals surface area contributed by atoms with Crippen molar-refractivity contribution in [2.75, 3.05) is 5.32 Å². The Labute approximate surface area is 206 Å². The molecule has 0 saturated carbocycles. The summed E-state index contributed by atoms with van der Waals surface area (Å²) in [4.78, 5) is 17.5. The first-order valence-electron chi connectivity index (χ1n) is 11.0. The Hall–Kier alpha value is -4.41. The van der Waals surface area contributed by atoms with Crippen LogP contribution in [0.4, 0.5) is 5.00 Å². The second kappa shape index (κ2) is 9.45. The average Bonchev–Trinajstić information content (AvgIpc) is 3.54. The molecular weight excluding hydrogens is 458 g/mol. The largest absolute Gasteiger partial charge is 0.485 e. The van der Waals surface area contributed by atoms with Gasteiger partial charge in [-0.25, -0.2) is 4.98 Å². The van der Waals surface area contributed by atoms with Crippen molar-refractivity contribution >= 4 is 33.9 Å². The highest BCUT2D eigenvalue weighted by Gasteiger charge is 2.22. The number of hydrogen-bond donors (Lipinski definition) is 1. The fourth-order valence-electron chi connectivity index (χ4n) is 3.73. The lowest BCUT2D eigenvalue weighted by molar-refractivity contribution is 0.0997. The van der Waals surface area contributed by atoms with Gasteiger partial charge in [0.25, 0.3) is 5.91 Å². The van der Waals surface area contributed by atoms with E-state index in [1.807, 2.05) is 68.5 Å². The number of ether oxygens (including phenoxy) is 1. The lowest BCUT2D eigenvalue weighted by Crippen LogP contribution is -2.17. The molecule has 172 valence electrons. The van der Waals surface area contributed by atoms with E-state index in [2.05, 4.69) is 11.4 Å². The van der Waals surface area contributed by atoms with Gasteiger partial charge in [-0.1, -0.05) is 59.4 Å². The number of aromatic nitrogens is 1. The Balaban J connectivity index is 1.55. The number of benzene rings is 2. The number of aryl methyl sites for hydroxylation is 1. The molecule has 0 saturated heterocycles. The zero-order valence-corrected chi connectivity index (χ0v) is 19.9. The number of nitriles is 1. The number of anilines is 1. The van der Waals surface area contributed by atoms with Gasteiger partial charge in [0.05, 0.1) is 11.8 Å². The fraction of sp³-hybridized carbons (Fsp3) is 0.107. The highest BCUT2D eigenvalue weighted by molar-refractivity contribution is 7.17. The van der Waals surface area contributed by atoms with Crippen LogP contribution < -0.4 is 10.1 Å². The zero-order valence-electron chi connectivity index (χ0n) is 19.1. The van der Waals surface area contributed by atoms with Crippen molar-refractivity contribution in [3.05, 3.63) is 100 Å². The third-order valence-corrected chi connectivity index (χ3v) is 6.60. The van der Waals surface area contributed by atoms with Gasteiger partial charge in [0.15, 0.2) is 5.76 Å². The van der Waals surface area contributed by atoms with Crippen molar-refractivity contribution in [1.82, 2.24) is 4.98 Å². The van der Waals surface area contributed by atoms with E-state index in [1.165, 1.54) is 17.6 Å². The van der Waals surface area contributed by atoms with E-state index in [4.69, 9.17) is 14.1 Å². The SMILES string of the molecule is Cc1ccc(-c2nc(/C(C#N)=C/C3=Cc4ccccc4OC3C)sc2NC(=O)c2ccco2)cc1. The Kier molecular flexibility index (Phi) is 6.04. The van der Waals surface area contributed by atoms with Gasteiger partial charge in [0.1, 0.15) is 33.6 Å². The minimum atomic E-state index is -0.380. The molecule has 1 atom stereocenters. The second-order valence-electron chi connectivity index (χ2n) is 8.11. The summed E-state index contributed by atoms with van der Waals surface area (Å²) in [5.74, 6) is 0.631. The highest BCUT2D eigenvalue weighted by Crippen LogP contribution is 2.38. The number of nitrogens with one attached hydrogen (secondary N) is 1. The summed E-state index contributed by atoms with van der Waals surface area (Å²) in [5.41, 5.74) is 4.77. The molecule has 1 N–H and O–H groups in total. The molecule has 0 bridgehead atoms. The van der Waals surface area contributed by atoms with Gasteiger partial charge >= 0.3 is 0 Å². The maximum Gasteiger partial charge on any atom is 0.292 e. The molecule has 0 radical (unpaired) electrons. The zero-order chi connectivity index (χ0) is 24.4. The molecule has 3 heterocycles. The highest BCUT2D eigenvalue weighted by atomic mass is 32.1. The number of furan rings is 1. The van der Waals surface area contributed by atoms with Crippen molar-refractivity contribution in [2.45, 2.75) is 20.0 Å². The number of thiazole rings is 1. The maximum atomic E-state index is 12.7. The van der Waals surface area contributed by atoms with Crippen molar-refractivity contribution in [1.29, 1.82) is 5.26 Å². The number of hydrogen-bond acceptors (Lipinski definition) is 6. The van der Waals surface area contributed by atoms with Crippen LogP contribution in [0.5, 0.6) is 5.75 Å². The summed E-state index contributed by atoms with van der Waals surface area (Å²) >= 11 is 1.25. The number of fused-ring (bicyclic) bond motifs is 1. The first kappa shape index (κ1) is 22.4. The maximum absolute atomic E-state index is 12.7. The van der Waals surface area contributed by atoms with Crippen LogP contribution in [0.25, 0.3) is 22.9 Å². The lowest BCUT2D eigenvalue weighted by Gasteiger charge is -2.22. The third-order valence-electron chi connectivity index (χ3n) is 5.60. The van der Waals surface area contributed by atoms with Gasteiger partial charge in [0, 0.05) is 11.1 Å². The molecule has 1 aliphatic rings. The molecule has 7 heteroatoms. The molecule has 0 spiro atoms. The summed E-state index contributed by atoms with van der Waals surface area (Å²) in [6, 6.07) is 21.2. The quantitative estimate of drug-likeness (QED) is 0.320. The summed E-state index contributed by atoms with van der Waals surface area (Å²) in [5, 5.41) is 14.0. The Bertz CT molecular complexity index is 1490. The fourth-order valence-corrected chi connectivity index (χ4v) is 4.68. The van der Waals surface area contributed by atoms with Crippen LogP contribution in [0.15, 0.2) is 83.0 Å². The van der Waals surface area contributed by atoms with Gasteiger partial charge in [-0.15, -0.1) is 0 Å². The molecule has 1 amide bonds. The normalized spacial score (nSPS) is 14.9. The van der Waals surface area contributed by atoms with Crippen LogP contribution in [0, 0.1) is 18.3 Å². The molecule has 2 aromatic carbocycles. The topological polar surface area (TPSA) is 88.1 Å². The smallest absolute Gasteiger partial charge is 0.292 e. The van der Waals surface area contributed by atoms with Gasteiger partial charge in [-0.3, -0.25) is 4.79 Å². The molecule has 6 nitrogen and oxygen atoms in total. The Morgan fingerprint density at radius 2 is 1.94 bits per heavy atom. The molecule has 2 aromatic heterocycles. The summed E-state index contributed by atoms with van der Waals surface area (Å²) in [6.07, 6.45) is 5.05. The lowest BCUT2D eigenvalue weighted by atomic mass is 10.0. The van der Waals surface area contributed by atoms with Gasteiger partial charge in [0.2, 0.25) is 0 Å². The average molecular weight is 480 g/mol. The monoisotopic (exact) mass is 479 g/mol. The minimum absolute atomic E-state index is 0.197. The van der Waals surface area contributed by atoms with E-state index in [-0.39, 0.29) is 17.8 Å². The summed E-state index contributed by atoms with van der Waals surface area (Å²) in [7, 11) is 0. The predicted octanol–water partition coefficient (Wildman–Crippen LogP) is 6.74. The van der Waals surface area contributed by atoms with Crippen LogP contribution in [0.3, 0.4) is 0 Å². The Morgan fingerprint density at radius 1 is 1.14 bits per heavy atom. The van der Waals surface area contributed by atoms with E-state index in [9.17, 15) is 10.1 Å². The Morgan fingerprint density at radius 3 is 2.69 bits per heavy atom. The molecule has 35 heavy (non-hydrogen) atoms. The van der Waals surface area contributed by atoms with E-state index in [0.717, 1.165) is 28.0 Å². The molecule has 0 fully saturated rings. The number of carbonyl (C=O) groups excluding carboxylic acids is 1. The van der Waals surface area contributed by atoms with Crippen LogP contribution in [-0.4, -0.2) is 17.0 Å². The van der Waals surface area contributed by atoms with Crippen LogP contribution >= 0.6 is 11.3 Å². The van der Waals surface area contributed by atoms with Gasteiger partial charge in [-0.2, -0.15) is 5.26 Å². The molecule has 1 aliphatic heterocycles. The van der Waals surface area contributed by atoms with Crippen LogP contribution in [0.2, 0.25) is 0 Å². The van der Waals surface area contributed by atoms with E-state index < -0.39 is 0 Å².